The van der Waals surface area contributed by atoms with E-state index in [1.807, 2.05) is 32.0 Å². The Morgan fingerprint density at radius 3 is 2.71 bits per heavy atom. The van der Waals surface area contributed by atoms with Gasteiger partial charge in [-0.05, 0) is 31.5 Å². The SMILES string of the molecule is Cc1cnc(-c2cc(N)ccc2C)o1. The van der Waals surface area contributed by atoms with Gasteiger partial charge < -0.3 is 10.2 Å². The number of hydrogen-bond donors (Lipinski definition) is 1. The zero-order chi connectivity index (χ0) is 10.1. The fourth-order valence-electron chi connectivity index (χ4n) is 1.35. The van der Waals surface area contributed by atoms with Gasteiger partial charge in [0.1, 0.15) is 5.76 Å². The predicted molar refractivity (Wildman–Crippen MR) is 55.8 cm³/mol. The van der Waals surface area contributed by atoms with Gasteiger partial charge in [0.2, 0.25) is 5.89 Å². The predicted octanol–water partition coefficient (Wildman–Crippen LogP) is 2.54. The highest BCUT2D eigenvalue weighted by atomic mass is 16.4. The van der Waals surface area contributed by atoms with E-state index in [2.05, 4.69) is 4.98 Å². The monoisotopic (exact) mass is 188 g/mol. The van der Waals surface area contributed by atoms with Gasteiger partial charge in [0.15, 0.2) is 0 Å². The quantitative estimate of drug-likeness (QED) is 0.699. The van der Waals surface area contributed by atoms with Crippen LogP contribution in [0.15, 0.2) is 28.8 Å². The van der Waals surface area contributed by atoms with Crippen molar-refractivity contribution in [2.75, 3.05) is 5.73 Å². The average molecular weight is 188 g/mol. The van der Waals surface area contributed by atoms with Crippen molar-refractivity contribution in [3.05, 3.63) is 35.7 Å². The van der Waals surface area contributed by atoms with Gasteiger partial charge in [-0.15, -0.1) is 0 Å². The number of nitrogen functional groups attached to an aromatic ring is 1. The average Bonchev–Trinajstić information content (AvgIpc) is 2.56. The van der Waals surface area contributed by atoms with Crippen LogP contribution in [0, 0.1) is 13.8 Å². The Labute approximate surface area is 82.6 Å². The third-order valence-corrected chi connectivity index (χ3v) is 2.11. The summed E-state index contributed by atoms with van der Waals surface area (Å²) in [4.78, 5) is 4.17. The summed E-state index contributed by atoms with van der Waals surface area (Å²) >= 11 is 0. The number of oxazole rings is 1. The van der Waals surface area contributed by atoms with E-state index in [0.717, 1.165) is 22.6 Å². The Kier molecular flexibility index (Phi) is 2.00. The first-order valence-electron chi connectivity index (χ1n) is 4.46. The maximum atomic E-state index is 5.70. The van der Waals surface area contributed by atoms with Gasteiger partial charge in [-0.3, -0.25) is 0 Å². The number of rotatable bonds is 1. The molecular weight excluding hydrogens is 176 g/mol. The van der Waals surface area contributed by atoms with Crippen LogP contribution >= 0.6 is 0 Å². The van der Waals surface area contributed by atoms with Gasteiger partial charge >= 0.3 is 0 Å². The highest BCUT2D eigenvalue weighted by molar-refractivity contribution is 5.64. The summed E-state index contributed by atoms with van der Waals surface area (Å²) in [5.74, 6) is 1.44. The number of benzene rings is 1. The second kappa shape index (κ2) is 3.18. The van der Waals surface area contributed by atoms with Crippen molar-refractivity contribution in [1.82, 2.24) is 4.98 Å². The largest absolute Gasteiger partial charge is 0.441 e. The maximum Gasteiger partial charge on any atom is 0.226 e. The van der Waals surface area contributed by atoms with Gasteiger partial charge in [-0.25, -0.2) is 4.98 Å². The first-order chi connectivity index (χ1) is 6.66. The van der Waals surface area contributed by atoms with E-state index < -0.39 is 0 Å². The van der Waals surface area contributed by atoms with Crippen molar-refractivity contribution in [3.63, 3.8) is 0 Å². The maximum absolute atomic E-state index is 5.70. The van der Waals surface area contributed by atoms with Crippen LogP contribution in [0.1, 0.15) is 11.3 Å². The molecule has 3 nitrogen and oxygen atoms in total. The topological polar surface area (TPSA) is 52.0 Å². The number of hydrogen-bond acceptors (Lipinski definition) is 3. The molecule has 72 valence electrons. The molecule has 0 fully saturated rings. The molecule has 14 heavy (non-hydrogen) atoms. The Bertz CT molecular complexity index is 460. The Balaban J connectivity index is 2.55. The molecule has 0 bridgehead atoms. The summed E-state index contributed by atoms with van der Waals surface area (Å²) in [5, 5.41) is 0. The summed E-state index contributed by atoms with van der Waals surface area (Å²) < 4.78 is 5.44. The van der Waals surface area contributed by atoms with Crippen LogP contribution in [0.2, 0.25) is 0 Å². The standard InChI is InChI=1S/C11H12N2O/c1-7-3-4-9(12)5-10(7)11-13-6-8(2)14-11/h3-6H,12H2,1-2H3. The molecule has 0 spiro atoms. The van der Waals surface area contributed by atoms with Crippen molar-refractivity contribution in [1.29, 1.82) is 0 Å². The van der Waals surface area contributed by atoms with Crippen LogP contribution in [0.25, 0.3) is 11.5 Å². The lowest BCUT2D eigenvalue weighted by Gasteiger charge is -2.02. The molecule has 0 amide bonds. The number of aromatic nitrogens is 1. The minimum absolute atomic E-state index is 0.632. The van der Waals surface area contributed by atoms with Crippen molar-refractivity contribution in [3.8, 4) is 11.5 Å². The summed E-state index contributed by atoms with van der Waals surface area (Å²) in [5.41, 5.74) is 8.49. The van der Waals surface area contributed by atoms with Crippen molar-refractivity contribution in [2.24, 2.45) is 0 Å². The van der Waals surface area contributed by atoms with E-state index in [-0.39, 0.29) is 0 Å². The third kappa shape index (κ3) is 1.48. The van der Waals surface area contributed by atoms with Crippen molar-refractivity contribution in [2.45, 2.75) is 13.8 Å². The highest BCUT2D eigenvalue weighted by Crippen LogP contribution is 2.24. The molecule has 2 aromatic rings. The molecule has 0 unspecified atom stereocenters. The summed E-state index contributed by atoms with van der Waals surface area (Å²) in [7, 11) is 0. The lowest BCUT2D eigenvalue weighted by atomic mass is 10.1. The Morgan fingerprint density at radius 2 is 2.07 bits per heavy atom. The minimum Gasteiger partial charge on any atom is -0.441 e. The van der Waals surface area contributed by atoms with E-state index in [1.165, 1.54) is 0 Å². The van der Waals surface area contributed by atoms with Crippen LogP contribution in [-0.2, 0) is 0 Å². The van der Waals surface area contributed by atoms with E-state index in [4.69, 9.17) is 10.2 Å². The molecule has 1 aromatic heterocycles. The normalized spacial score (nSPS) is 10.4. The van der Waals surface area contributed by atoms with Crippen LogP contribution in [0.5, 0.6) is 0 Å². The van der Waals surface area contributed by atoms with Crippen LogP contribution in [0.3, 0.4) is 0 Å². The second-order valence-corrected chi connectivity index (χ2v) is 3.35. The summed E-state index contributed by atoms with van der Waals surface area (Å²) in [6.07, 6.45) is 1.71. The molecule has 0 aliphatic rings. The number of nitrogens with zero attached hydrogens (tertiary/aromatic N) is 1. The molecule has 0 radical (unpaired) electrons. The zero-order valence-corrected chi connectivity index (χ0v) is 8.24. The summed E-state index contributed by atoms with van der Waals surface area (Å²) in [6.45, 7) is 3.88. The molecule has 0 saturated carbocycles. The number of aryl methyl sites for hydroxylation is 2. The molecule has 0 aliphatic heterocycles. The molecular formula is C11H12N2O. The first-order valence-corrected chi connectivity index (χ1v) is 4.46. The Morgan fingerprint density at radius 1 is 1.29 bits per heavy atom. The summed E-state index contributed by atoms with van der Waals surface area (Å²) in [6, 6.07) is 5.71. The van der Waals surface area contributed by atoms with E-state index in [1.54, 1.807) is 6.20 Å². The highest BCUT2D eigenvalue weighted by Gasteiger charge is 2.07. The molecule has 1 aromatic carbocycles. The Hall–Kier alpha value is -1.77. The van der Waals surface area contributed by atoms with Gasteiger partial charge in [-0.1, -0.05) is 6.07 Å². The van der Waals surface area contributed by atoms with Gasteiger partial charge in [0, 0.05) is 11.3 Å². The van der Waals surface area contributed by atoms with Gasteiger partial charge in [0.05, 0.1) is 6.20 Å². The van der Waals surface area contributed by atoms with Crippen LogP contribution in [0.4, 0.5) is 5.69 Å². The van der Waals surface area contributed by atoms with E-state index in [0.29, 0.717) is 5.89 Å². The molecule has 0 atom stereocenters. The molecule has 3 heteroatoms. The van der Waals surface area contributed by atoms with Crippen molar-refractivity contribution >= 4 is 5.69 Å². The number of anilines is 1. The molecule has 1 heterocycles. The van der Waals surface area contributed by atoms with Crippen molar-refractivity contribution < 1.29 is 4.42 Å². The minimum atomic E-state index is 0.632. The number of nitrogens with two attached hydrogens (primary N) is 1. The lowest BCUT2D eigenvalue weighted by Crippen LogP contribution is -1.88. The smallest absolute Gasteiger partial charge is 0.226 e. The first kappa shape index (κ1) is 8.81. The molecule has 0 aliphatic carbocycles. The van der Waals surface area contributed by atoms with E-state index in [9.17, 15) is 0 Å². The van der Waals surface area contributed by atoms with Crippen LogP contribution in [-0.4, -0.2) is 4.98 Å². The molecule has 2 N–H and O–H groups in total. The molecule has 0 saturated heterocycles. The fraction of sp³-hybridized carbons (Fsp3) is 0.182. The van der Waals surface area contributed by atoms with Gasteiger partial charge in [-0.2, -0.15) is 0 Å². The molecule has 2 rings (SSSR count). The lowest BCUT2D eigenvalue weighted by molar-refractivity contribution is 0.542. The zero-order valence-electron chi connectivity index (χ0n) is 8.24. The third-order valence-electron chi connectivity index (χ3n) is 2.11. The van der Waals surface area contributed by atoms with Crippen LogP contribution < -0.4 is 5.73 Å². The van der Waals surface area contributed by atoms with Gasteiger partial charge in [0.25, 0.3) is 0 Å². The van der Waals surface area contributed by atoms with E-state index >= 15 is 0 Å². The second-order valence-electron chi connectivity index (χ2n) is 3.35. The fourth-order valence-corrected chi connectivity index (χ4v) is 1.35.